The highest BCUT2D eigenvalue weighted by Crippen LogP contribution is 2.66. The normalized spacial score (nSPS) is 14.8. The van der Waals surface area contributed by atoms with E-state index in [0.717, 1.165) is 65.4 Å². The molecule has 0 atom stereocenters. The van der Waals surface area contributed by atoms with Crippen LogP contribution in [0.5, 0.6) is 0 Å². The van der Waals surface area contributed by atoms with Crippen molar-refractivity contribution >= 4 is 22.7 Å². The Morgan fingerprint density at radius 2 is 0.667 bits per heavy atom. The molecule has 7 aromatic rings. The van der Waals surface area contributed by atoms with Gasteiger partial charge in [-0.15, -0.1) is 22.7 Å². The average Bonchev–Trinajstić information content (AvgIpc) is 3.87. The van der Waals surface area contributed by atoms with Crippen LogP contribution < -0.4 is 0 Å². The van der Waals surface area contributed by atoms with Gasteiger partial charge in [0.05, 0.1) is 10.8 Å². The van der Waals surface area contributed by atoms with Crippen LogP contribution in [0.1, 0.15) is 66.8 Å². The molecule has 0 spiro atoms. The number of benzene rings is 5. The van der Waals surface area contributed by atoms with Crippen LogP contribution in [-0.2, 0) is 10.8 Å². The molecule has 0 N–H and O–H groups in total. The van der Waals surface area contributed by atoms with E-state index in [-0.39, 0.29) is 11.6 Å². The molecule has 9 rings (SSSR count). The van der Waals surface area contributed by atoms with Gasteiger partial charge in [-0.2, -0.15) is 0 Å². The zero-order valence-electron chi connectivity index (χ0n) is 27.1. The summed E-state index contributed by atoms with van der Waals surface area (Å²) in [6.45, 7) is 8.23. The van der Waals surface area contributed by atoms with Crippen LogP contribution in [0.4, 0.5) is 8.78 Å². The molecule has 0 nitrogen and oxygen atoms in total. The van der Waals surface area contributed by atoms with Crippen LogP contribution in [0.15, 0.2) is 120 Å². The van der Waals surface area contributed by atoms with Crippen LogP contribution in [0.25, 0.3) is 20.9 Å². The van der Waals surface area contributed by atoms with E-state index in [4.69, 9.17) is 0 Å². The largest absolute Gasteiger partial charge is 0.206 e. The second kappa shape index (κ2) is 10.4. The van der Waals surface area contributed by atoms with Crippen LogP contribution in [0.3, 0.4) is 0 Å². The molecule has 0 amide bonds. The van der Waals surface area contributed by atoms with E-state index in [0.29, 0.717) is 22.3 Å². The van der Waals surface area contributed by atoms with Gasteiger partial charge in [0.15, 0.2) is 0 Å². The molecule has 2 aromatic heterocycles. The molecule has 0 bridgehead atoms. The van der Waals surface area contributed by atoms with Crippen molar-refractivity contribution in [3.8, 4) is 20.9 Å². The Morgan fingerprint density at radius 3 is 0.938 bits per heavy atom. The van der Waals surface area contributed by atoms with Gasteiger partial charge in [0.2, 0.25) is 0 Å². The molecule has 2 aliphatic carbocycles. The summed E-state index contributed by atoms with van der Waals surface area (Å²) in [6, 6.07) is 37.5. The van der Waals surface area contributed by atoms with Gasteiger partial charge in [0, 0.05) is 32.0 Å². The monoisotopic (exact) mass is 662 g/mol. The molecule has 0 saturated carbocycles. The highest BCUT2D eigenvalue weighted by Gasteiger charge is 2.57. The molecule has 48 heavy (non-hydrogen) atoms. The van der Waals surface area contributed by atoms with Crippen molar-refractivity contribution < 1.29 is 8.78 Å². The maximum absolute atomic E-state index is 18.4. The summed E-state index contributed by atoms with van der Waals surface area (Å²) in [5.41, 5.74) is 9.60. The number of hydrogen-bond donors (Lipinski definition) is 0. The molecule has 0 unspecified atom stereocenters. The lowest BCUT2D eigenvalue weighted by Crippen LogP contribution is -2.32. The summed E-state index contributed by atoms with van der Waals surface area (Å²) in [5.74, 6) is -0.675. The summed E-state index contributed by atoms with van der Waals surface area (Å²) >= 11 is 3.00. The maximum atomic E-state index is 18.4. The molecule has 4 heteroatoms. The molecule has 2 aliphatic rings. The third-order valence-electron chi connectivity index (χ3n) is 10.7. The quantitative estimate of drug-likeness (QED) is 0.176. The van der Waals surface area contributed by atoms with Crippen molar-refractivity contribution in [3.63, 3.8) is 0 Å². The van der Waals surface area contributed by atoms with E-state index in [9.17, 15) is 0 Å². The fraction of sp³-hybridized carbons (Fsp3) is 0.136. The molecule has 234 valence electrons. The standard InChI is InChI=1S/C44H32F2S2/c1-25-5-13-29(14-6-25)43(30-15-7-26(2)8-16-30)33-21-23-47-41(33)35-37(43)39(45)36-38(40(35)46)44(34-22-24-48-42(34)36,31-17-9-27(3)10-18-31)32-19-11-28(4)12-20-32/h5-24H,1-4H3. The van der Waals surface area contributed by atoms with E-state index in [2.05, 4.69) is 137 Å². The Balaban J connectivity index is 1.48. The van der Waals surface area contributed by atoms with Crippen molar-refractivity contribution in [2.24, 2.45) is 0 Å². The second-order valence-corrected chi connectivity index (χ2v) is 15.3. The minimum atomic E-state index is -1.03. The first-order valence-electron chi connectivity index (χ1n) is 16.3. The van der Waals surface area contributed by atoms with Gasteiger partial charge < -0.3 is 0 Å². The number of halogens is 2. The van der Waals surface area contributed by atoms with E-state index < -0.39 is 10.8 Å². The molecule has 0 fully saturated rings. The van der Waals surface area contributed by atoms with Crippen molar-refractivity contribution in [1.82, 2.24) is 0 Å². The molecule has 2 heterocycles. The Hall–Kier alpha value is -4.64. The van der Waals surface area contributed by atoms with Crippen molar-refractivity contribution in [1.29, 1.82) is 0 Å². The van der Waals surface area contributed by atoms with E-state index >= 15 is 8.78 Å². The van der Waals surface area contributed by atoms with Gasteiger partial charge in [-0.05, 0) is 84.0 Å². The lowest BCUT2D eigenvalue weighted by atomic mass is 9.65. The van der Waals surface area contributed by atoms with Crippen molar-refractivity contribution in [3.05, 3.63) is 198 Å². The van der Waals surface area contributed by atoms with Gasteiger partial charge in [-0.25, -0.2) is 8.78 Å². The summed E-state index contributed by atoms with van der Waals surface area (Å²) in [6.07, 6.45) is 0. The second-order valence-electron chi connectivity index (χ2n) is 13.4. The topological polar surface area (TPSA) is 0 Å². The minimum Gasteiger partial charge on any atom is -0.206 e. The van der Waals surface area contributed by atoms with E-state index in [1.165, 1.54) is 22.7 Å². The zero-order chi connectivity index (χ0) is 32.9. The highest BCUT2D eigenvalue weighted by molar-refractivity contribution is 7.14. The first-order chi connectivity index (χ1) is 23.3. The number of aryl methyl sites for hydroxylation is 4. The van der Waals surface area contributed by atoms with E-state index in [1.54, 1.807) is 0 Å². The molecule has 0 radical (unpaired) electrons. The van der Waals surface area contributed by atoms with Crippen LogP contribution >= 0.6 is 22.7 Å². The fourth-order valence-electron chi connectivity index (χ4n) is 8.43. The summed E-state index contributed by atoms with van der Waals surface area (Å²) in [7, 11) is 0. The number of hydrogen-bond acceptors (Lipinski definition) is 2. The number of rotatable bonds is 4. The molecule has 0 aliphatic heterocycles. The third-order valence-corrected chi connectivity index (χ3v) is 12.5. The first-order valence-corrected chi connectivity index (χ1v) is 18.0. The smallest absolute Gasteiger partial charge is 0.137 e. The van der Waals surface area contributed by atoms with Gasteiger partial charge >= 0.3 is 0 Å². The molecular weight excluding hydrogens is 631 g/mol. The SMILES string of the molecule is Cc1ccc(C2(c3ccc(C)cc3)c3ccsc3-c3c(F)c4c(c(F)c32)-c2sccc2C4(c2ccc(C)cc2)c2ccc(C)cc2)cc1. The molecule has 0 saturated heterocycles. The fourth-order valence-corrected chi connectivity index (χ4v) is 10.4. The van der Waals surface area contributed by atoms with E-state index in [1.807, 2.05) is 10.8 Å². The van der Waals surface area contributed by atoms with Crippen molar-refractivity contribution in [2.45, 2.75) is 38.5 Å². The Labute approximate surface area is 288 Å². The van der Waals surface area contributed by atoms with Gasteiger partial charge in [-0.3, -0.25) is 0 Å². The first kappa shape index (κ1) is 29.5. The Bertz CT molecular complexity index is 2110. The number of fused-ring (bicyclic) bond motifs is 6. The van der Waals surface area contributed by atoms with Gasteiger partial charge in [0.1, 0.15) is 11.6 Å². The Morgan fingerprint density at radius 1 is 0.396 bits per heavy atom. The minimum absolute atomic E-state index is 0.337. The van der Waals surface area contributed by atoms with Crippen LogP contribution in [-0.4, -0.2) is 0 Å². The maximum Gasteiger partial charge on any atom is 0.137 e. The van der Waals surface area contributed by atoms with Crippen LogP contribution in [0.2, 0.25) is 0 Å². The predicted molar refractivity (Wildman–Crippen MR) is 196 cm³/mol. The molecule has 5 aromatic carbocycles. The highest BCUT2D eigenvalue weighted by atomic mass is 32.1. The summed E-state index contributed by atoms with van der Waals surface area (Å²) in [4.78, 5) is 1.59. The summed E-state index contributed by atoms with van der Waals surface area (Å²) in [5, 5.41) is 4.05. The van der Waals surface area contributed by atoms with Gasteiger partial charge in [-0.1, -0.05) is 119 Å². The summed E-state index contributed by atoms with van der Waals surface area (Å²) < 4.78 is 36.9. The zero-order valence-corrected chi connectivity index (χ0v) is 28.8. The van der Waals surface area contributed by atoms with Crippen LogP contribution in [0, 0.1) is 39.3 Å². The predicted octanol–water partition coefficient (Wildman–Crippen LogP) is 12.0. The lowest BCUT2D eigenvalue weighted by Gasteiger charge is -2.36. The lowest BCUT2D eigenvalue weighted by molar-refractivity contribution is 0.558. The number of thiophene rings is 2. The van der Waals surface area contributed by atoms with Crippen molar-refractivity contribution in [2.75, 3.05) is 0 Å². The average molecular weight is 663 g/mol. The third kappa shape index (κ3) is 3.68. The molecular formula is C44H32F2S2. The van der Waals surface area contributed by atoms with Gasteiger partial charge in [0.25, 0.3) is 0 Å². The Kier molecular flexibility index (Phi) is 6.41.